The number of hydrogen-bond donors (Lipinski definition) is 1. The van der Waals surface area contributed by atoms with Crippen LogP contribution in [0.4, 0.5) is 5.13 Å². The normalized spacial score (nSPS) is 12.2. The maximum absolute atomic E-state index is 12.5. The van der Waals surface area contributed by atoms with Gasteiger partial charge in [-0.3, -0.25) is 0 Å². The molecule has 1 aromatic heterocycles. The predicted molar refractivity (Wildman–Crippen MR) is 96.8 cm³/mol. The van der Waals surface area contributed by atoms with E-state index in [4.69, 9.17) is 23.0 Å². The molecule has 0 saturated heterocycles. The molecule has 0 bridgehead atoms. The average molecular weight is 415 g/mol. The first-order chi connectivity index (χ1) is 11.5. The molecule has 1 aromatic rings. The Labute approximate surface area is 152 Å². The lowest BCUT2D eigenvalue weighted by Gasteiger charge is -2.14. The third kappa shape index (κ3) is 6.99. The minimum atomic E-state index is -4.12. The van der Waals surface area contributed by atoms with Crippen LogP contribution in [0.5, 0.6) is 0 Å². The van der Waals surface area contributed by atoms with Gasteiger partial charge in [-0.25, -0.2) is 22.3 Å². The van der Waals surface area contributed by atoms with Crippen molar-refractivity contribution in [3.8, 4) is 0 Å². The van der Waals surface area contributed by atoms with Gasteiger partial charge in [-0.1, -0.05) is 19.0 Å². The summed E-state index contributed by atoms with van der Waals surface area (Å²) in [7, 11) is -4.12. The highest BCUT2D eigenvalue weighted by molar-refractivity contribution is 8.01. The van der Waals surface area contributed by atoms with Crippen LogP contribution in [0.25, 0.3) is 0 Å². The molecule has 1 rings (SSSR count). The Morgan fingerprint density at radius 1 is 1.33 bits per heavy atom. The van der Waals surface area contributed by atoms with Crippen molar-refractivity contribution in [2.45, 2.75) is 20.8 Å². The number of thiazole rings is 1. The Balaban J connectivity index is 2.97. The number of oxime groups is 1. The van der Waals surface area contributed by atoms with Crippen LogP contribution >= 0.6 is 43.2 Å². The Morgan fingerprint density at radius 2 is 1.96 bits per heavy atom. The van der Waals surface area contributed by atoms with E-state index in [-0.39, 0.29) is 23.1 Å². The van der Waals surface area contributed by atoms with E-state index >= 15 is 0 Å². The highest BCUT2D eigenvalue weighted by atomic mass is 32.2. The first kappa shape index (κ1) is 21.3. The van der Waals surface area contributed by atoms with Gasteiger partial charge >= 0.3 is 13.8 Å². The van der Waals surface area contributed by atoms with Crippen LogP contribution < -0.4 is 5.73 Å². The summed E-state index contributed by atoms with van der Waals surface area (Å²) < 4.78 is 27.4. The highest BCUT2D eigenvalue weighted by Crippen LogP contribution is 2.55. The number of phosphoric acid groups is 1. The molecule has 0 amide bonds. The lowest BCUT2D eigenvalue weighted by atomic mass is 10.3. The standard InChI is InChI=1S/C11H18N3O6PS3/c1-4-17-14-9(8-7-22-11(12)13-8)10(15)18-21(16,19-23-5-2)20-24-6-3/h7H,4-6H2,1-3H3,(H2,12,13). The second-order valence-corrected chi connectivity index (χ2v) is 8.50. The van der Waals surface area contributed by atoms with E-state index < -0.39 is 13.8 Å². The van der Waals surface area contributed by atoms with Crippen LogP contribution in [0.15, 0.2) is 10.5 Å². The van der Waals surface area contributed by atoms with Gasteiger partial charge in [0.15, 0.2) is 5.13 Å². The fraction of sp³-hybridized carbons (Fsp3) is 0.545. The summed E-state index contributed by atoms with van der Waals surface area (Å²) in [5.74, 6) is -0.0699. The summed E-state index contributed by atoms with van der Waals surface area (Å²) in [6.07, 6.45) is 0. The molecule has 0 aliphatic rings. The lowest BCUT2D eigenvalue weighted by molar-refractivity contribution is -0.128. The number of aromatic nitrogens is 1. The van der Waals surface area contributed by atoms with Crippen LogP contribution in [0, 0.1) is 0 Å². The predicted octanol–water partition coefficient (Wildman–Crippen LogP) is 3.49. The molecular weight excluding hydrogens is 397 g/mol. The molecule has 9 nitrogen and oxygen atoms in total. The molecule has 0 spiro atoms. The average Bonchev–Trinajstić information content (AvgIpc) is 2.97. The van der Waals surface area contributed by atoms with Gasteiger partial charge in [-0.15, -0.1) is 11.3 Å². The SMILES string of the molecule is CCON=C(C(=O)OP(=O)(OSCC)OSCC)c1csc(N)n1. The van der Waals surface area contributed by atoms with Gasteiger partial charge < -0.3 is 15.1 Å². The summed E-state index contributed by atoms with van der Waals surface area (Å²) in [4.78, 5) is 21.2. The molecule has 24 heavy (non-hydrogen) atoms. The second kappa shape index (κ2) is 11.0. The molecule has 0 fully saturated rings. The monoisotopic (exact) mass is 415 g/mol. The van der Waals surface area contributed by atoms with Gasteiger partial charge in [0.2, 0.25) is 5.71 Å². The van der Waals surface area contributed by atoms with Crippen molar-refractivity contribution in [3.63, 3.8) is 0 Å². The fourth-order valence-electron chi connectivity index (χ4n) is 1.14. The number of hydrogen-bond acceptors (Lipinski definition) is 12. The lowest BCUT2D eigenvalue weighted by Crippen LogP contribution is -2.19. The molecular formula is C11H18N3O6PS3. The van der Waals surface area contributed by atoms with Crippen LogP contribution in [0.1, 0.15) is 26.5 Å². The molecule has 1 heterocycles. The summed E-state index contributed by atoms with van der Waals surface area (Å²) in [5.41, 5.74) is 5.42. The molecule has 0 atom stereocenters. The van der Waals surface area contributed by atoms with E-state index in [2.05, 4.69) is 10.1 Å². The smallest absolute Gasteiger partial charge is 0.395 e. The van der Waals surface area contributed by atoms with Crippen molar-refractivity contribution in [3.05, 3.63) is 11.1 Å². The Bertz CT molecular complexity index is 600. The van der Waals surface area contributed by atoms with Crippen molar-refractivity contribution in [1.82, 2.24) is 4.98 Å². The second-order valence-electron chi connectivity index (χ2n) is 3.72. The third-order valence-corrected chi connectivity index (χ3v) is 5.80. The first-order valence-corrected chi connectivity index (χ1v) is 11.0. The summed E-state index contributed by atoms with van der Waals surface area (Å²) in [6.45, 7) is 5.47. The zero-order valence-electron chi connectivity index (χ0n) is 13.3. The Hall–Kier alpha value is -0.780. The zero-order chi connectivity index (χ0) is 18.0. The first-order valence-electron chi connectivity index (χ1n) is 6.83. The molecule has 13 heteroatoms. The number of nitrogens with zero attached hydrogens (tertiary/aromatic N) is 2. The van der Waals surface area contributed by atoms with E-state index in [1.807, 2.05) is 0 Å². The van der Waals surface area contributed by atoms with Crippen molar-refractivity contribution >= 4 is 60.1 Å². The molecule has 0 radical (unpaired) electrons. The Morgan fingerprint density at radius 3 is 2.42 bits per heavy atom. The molecule has 0 saturated carbocycles. The van der Waals surface area contributed by atoms with Crippen molar-refractivity contribution in [2.75, 3.05) is 23.8 Å². The van der Waals surface area contributed by atoms with Crippen molar-refractivity contribution in [2.24, 2.45) is 5.16 Å². The zero-order valence-corrected chi connectivity index (χ0v) is 16.6. The van der Waals surface area contributed by atoms with E-state index in [1.54, 1.807) is 20.8 Å². The van der Waals surface area contributed by atoms with Crippen LogP contribution in [-0.4, -0.2) is 34.8 Å². The minimum absolute atomic E-state index is 0.147. The number of carbonyl (C=O) groups is 1. The van der Waals surface area contributed by atoms with Crippen molar-refractivity contribution in [1.29, 1.82) is 0 Å². The molecule has 0 unspecified atom stereocenters. The molecule has 136 valence electrons. The van der Waals surface area contributed by atoms with E-state index in [9.17, 15) is 9.36 Å². The van der Waals surface area contributed by atoms with Gasteiger partial charge in [-0.2, -0.15) is 0 Å². The Kier molecular flexibility index (Phi) is 9.71. The van der Waals surface area contributed by atoms with Gasteiger partial charge in [0.05, 0.1) is 0 Å². The topological polar surface area (TPSA) is 122 Å². The van der Waals surface area contributed by atoms with E-state index in [0.29, 0.717) is 11.5 Å². The number of rotatable bonds is 11. The molecule has 2 N–H and O–H groups in total. The number of nitrogen functional groups attached to an aromatic ring is 1. The summed E-state index contributed by atoms with van der Waals surface area (Å²) >= 11 is 2.82. The van der Waals surface area contributed by atoms with Gasteiger partial charge in [0.25, 0.3) is 0 Å². The third-order valence-electron chi connectivity index (χ3n) is 1.96. The van der Waals surface area contributed by atoms with E-state index in [0.717, 1.165) is 35.4 Å². The molecule has 0 aliphatic heterocycles. The number of nitrogens with two attached hydrogens (primary N) is 1. The maximum Gasteiger partial charge on any atom is 0.555 e. The summed E-state index contributed by atoms with van der Waals surface area (Å²) in [6, 6.07) is 0. The van der Waals surface area contributed by atoms with Crippen LogP contribution in [0.3, 0.4) is 0 Å². The fourth-order valence-corrected chi connectivity index (χ4v) is 4.42. The minimum Gasteiger partial charge on any atom is -0.395 e. The van der Waals surface area contributed by atoms with E-state index in [1.165, 1.54) is 5.38 Å². The van der Waals surface area contributed by atoms with Gasteiger partial charge in [0, 0.05) is 41.0 Å². The van der Waals surface area contributed by atoms with Crippen LogP contribution in [-0.2, 0) is 26.7 Å². The van der Waals surface area contributed by atoms with Gasteiger partial charge in [0.1, 0.15) is 12.3 Å². The largest absolute Gasteiger partial charge is 0.555 e. The number of anilines is 1. The van der Waals surface area contributed by atoms with Crippen LogP contribution in [0.2, 0.25) is 0 Å². The molecule has 0 aromatic carbocycles. The summed E-state index contributed by atoms with van der Waals surface area (Å²) in [5, 5.41) is 5.39. The maximum atomic E-state index is 12.5. The highest BCUT2D eigenvalue weighted by Gasteiger charge is 2.36. The van der Waals surface area contributed by atoms with Gasteiger partial charge in [-0.05, 0) is 6.92 Å². The van der Waals surface area contributed by atoms with Crippen molar-refractivity contribution < 1.29 is 26.7 Å². The molecule has 0 aliphatic carbocycles. The number of carbonyl (C=O) groups excluding carboxylic acids is 1. The quantitative estimate of drug-likeness (QED) is 0.249.